The third-order valence-electron chi connectivity index (χ3n) is 11.2. The summed E-state index contributed by atoms with van der Waals surface area (Å²) in [5, 5.41) is 2.26. The van der Waals surface area contributed by atoms with Crippen molar-refractivity contribution in [2.24, 2.45) is 0 Å². The Morgan fingerprint density at radius 2 is 0.692 bits per heavy atom. The highest BCUT2D eigenvalue weighted by Crippen LogP contribution is 2.55. The van der Waals surface area contributed by atoms with Crippen LogP contribution in [0, 0.1) is 0 Å². The maximum atomic E-state index is 5.63. The van der Waals surface area contributed by atoms with E-state index in [2.05, 4.69) is 182 Å². The largest absolute Gasteiger partial charge is 0.247 e. The van der Waals surface area contributed by atoms with Crippen LogP contribution in [0.4, 0.5) is 0 Å². The minimum Gasteiger partial charge on any atom is -0.247 e. The number of rotatable bonds is 4. The number of nitrogens with zero attached hydrogens (tertiary/aromatic N) is 2. The van der Waals surface area contributed by atoms with Crippen LogP contribution in [0.25, 0.3) is 66.6 Å². The maximum absolute atomic E-state index is 5.63. The molecule has 52 heavy (non-hydrogen) atoms. The molecule has 242 valence electrons. The number of pyridine rings is 2. The summed E-state index contributed by atoms with van der Waals surface area (Å²) >= 11 is 0. The zero-order valence-corrected chi connectivity index (χ0v) is 28.4. The van der Waals surface area contributed by atoms with Gasteiger partial charge in [-0.2, -0.15) is 0 Å². The lowest BCUT2D eigenvalue weighted by Crippen LogP contribution is -2.04. The van der Waals surface area contributed by atoms with Crippen LogP contribution in [-0.2, 0) is 0 Å². The van der Waals surface area contributed by atoms with E-state index in [0.717, 1.165) is 33.2 Å². The summed E-state index contributed by atoms with van der Waals surface area (Å²) in [4.78, 5) is 11.3. The number of benzene rings is 7. The molecule has 2 heterocycles. The lowest BCUT2D eigenvalue weighted by atomic mass is 9.82. The van der Waals surface area contributed by atoms with Crippen molar-refractivity contribution in [1.29, 1.82) is 0 Å². The molecule has 11 rings (SSSR count). The molecular formula is C50H32N2. The number of fused-ring (bicyclic) bond motifs is 8. The fourth-order valence-electron chi connectivity index (χ4n) is 9.08. The average Bonchev–Trinajstić information content (AvgIpc) is 3.72. The van der Waals surface area contributed by atoms with Crippen LogP contribution in [0.1, 0.15) is 45.2 Å². The Labute approximate surface area is 302 Å². The third kappa shape index (κ3) is 4.25. The van der Waals surface area contributed by atoms with Gasteiger partial charge in [0.2, 0.25) is 0 Å². The molecule has 0 radical (unpaired) electrons. The monoisotopic (exact) mass is 660 g/mol. The van der Waals surface area contributed by atoms with Crippen LogP contribution in [0.5, 0.6) is 0 Å². The van der Waals surface area contributed by atoms with E-state index in [1.54, 1.807) is 0 Å². The summed E-state index contributed by atoms with van der Waals surface area (Å²) < 4.78 is 0. The van der Waals surface area contributed by atoms with Crippen molar-refractivity contribution >= 4 is 21.8 Å². The maximum Gasteiger partial charge on any atom is 0.0760 e. The highest BCUT2D eigenvalue weighted by molar-refractivity contribution is 6.11. The van der Waals surface area contributed by atoms with E-state index in [1.165, 1.54) is 66.8 Å². The third-order valence-corrected chi connectivity index (χ3v) is 11.2. The second-order valence-electron chi connectivity index (χ2n) is 14.0. The molecule has 0 spiro atoms. The molecule has 2 unspecified atom stereocenters. The highest BCUT2D eigenvalue weighted by atomic mass is 14.8. The standard InChI is InChI=1S/C50H32N2/c1-5-17-31(18-6-1)43-35-25-13-15-27-37(35)49-47(43)45(33-21-9-3-10-22-33)39-29-42-40(30-41(39)51-49)46(34-23-11-4-12-24-34)48-44(32-19-7-2-8-20-32)36-26-14-16-28-38(36)50(48)52-42/h1-30,43-44H. The molecule has 9 aromatic rings. The van der Waals surface area contributed by atoms with Gasteiger partial charge in [0.25, 0.3) is 0 Å². The molecule has 7 aromatic carbocycles. The van der Waals surface area contributed by atoms with Crippen LogP contribution >= 0.6 is 0 Å². The van der Waals surface area contributed by atoms with Gasteiger partial charge in [-0.3, -0.25) is 0 Å². The Hall–Kier alpha value is -6.64. The smallest absolute Gasteiger partial charge is 0.0760 e. The van der Waals surface area contributed by atoms with E-state index in [0.29, 0.717) is 0 Å². The van der Waals surface area contributed by atoms with Crippen LogP contribution in [0.3, 0.4) is 0 Å². The minimum absolute atomic E-state index is 0.0709. The summed E-state index contributed by atoms with van der Waals surface area (Å²) in [5.41, 5.74) is 19.1. The van der Waals surface area contributed by atoms with Crippen molar-refractivity contribution in [3.8, 4) is 44.8 Å². The summed E-state index contributed by atoms with van der Waals surface area (Å²) in [7, 11) is 0. The Kier molecular flexibility index (Phi) is 6.41. The van der Waals surface area contributed by atoms with Crippen molar-refractivity contribution in [1.82, 2.24) is 9.97 Å². The van der Waals surface area contributed by atoms with E-state index in [4.69, 9.17) is 9.97 Å². The van der Waals surface area contributed by atoms with Gasteiger partial charge in [-0.25, -0.2) is 9.97 Å². The van der Waals surface area contributed by atoms with E-state index < -0.39 is 0 Å². The molecule has 0 amide bonds. The lowest BCUT2D eigenvalue weighted by Gasteiger charge is -2.22. The van der Waals surface area contributed by atoms with Crippen LogP contribution in [-0.4, -0.2) is 9.97 Å². The topological polar surface area (TPSA) is 25.8 Å². The van der Waals surface area contributed by atoms with Gasteiger partial charge in [-0.15, -0.1) is 0 Å². The van der Waals surface area contributed by atoms with Crippen molar-refractivity contribution < 1.29 is 0 Å². The number of aromatic nitrogens is 2. The zero-order chi connectivity index (χ0) is 34.2. The molecule has 2 aliphatic rings. The van der Waals surface area contributed by atoms with Gasteiger partial charge < -0.3 is 0 Å². The first-order valence-corrected chi connectivity index (χ1v) is 18.1. The Balaban J connectivity index is 1.29. The van der Waals surface area contributed by atoms with E-state index in [1.807, 2.05) is 0 Å². The van der Waals surface area contributed by atoms with E-state index >= 15 is 0 Å². The summed E-state index contributed by atoms with van der Waals surface area (Å²) in [6.07, 6.45) is 0. The highest BCUT2D eigenvalue weighted by Gasteiger charge is 2.37. The minimum atomic E-state index is 0.0709. The van der Waals surface area contributed by atoms with E-state index in [9.17, 15) is 0 Å². The molecule has 0 fully saturated rings. The first-order chi connectivity index (χ1) is 25.8. The lowest BCUT2D eigenvalue weighted by molar-refractivity contribution is 1.01. The molecule has 0 saturated heterocycles. The molecule has 2 atom stereocenters. The first-order valence-electron chi connectivity index (χ1n) is 18.1. The normalized spacial score (nSPS) is 15.3. The van der Waals surface area contributed by atoms with Crippen LogP contribution in [0.15, 0.2) is 182 Å². The molecule has 0 bridgehead atoms. The van der Waals surface area contributed by atoms with Gasteiger partial charge in [0.15, 0.2) is 0 Å². The summed E-state index contributed by atoms with van der Waals surface area (Å²) in [5.74, 6) is 0.142. The van der Waals surface area contributed by atoms with Gasteiger partial charge in [0.05, 0.1) is 22.4 Å². The number of hydrogen-bond acceptors (Lipinski definition) is 2. The predicted octanol–water partition coefficient (Wildman–Crippen LogP) is 12.4. The average molecular weight is 661 g/mol. The molecular weight excluding hydrogens is 629 g/mol. The van der Waals surface area contributed by atoms with E-state index in [-0.39, 0.29) is 11.8 Å². The predicted molar refractivity (Wildman–Crippen MR) is 214 cm³/mol. The molecule has 2 aromatic heterocycles. The van der Waals surface area contributed by atoms with Crippen LogP contribution < -0.4 is 0 Å². The van der Waals surface area contributed by atoms with Gasteiger partial charge in [0.1, 0.15) is 0 Å². The SMILES string of the molecule is c1ccc(-c2c3c(nc4cc5c(-c6ccccc6)c6c(nc5cc24)-c2ccccc2C6c2ccccc2)-c2ccccc2C3c2ccccc2)cc1. The van der Waals surface area contributed by atoms with Crippen molar-refractivity contribution in [3.63, 3.8) is 0 Å². The number of hydrogen-bond donors (Lipinski definition) is 0. The van der Waals surface area contributed by atoms with Gasteiger partial charge >= 0.3 is 0 Å². The van der Waals surface area contributed by atoms with Crippen LogP contribution in [0.2, 0.25) is 0 Å². The van der Waals surface area contributed by atoms with Gasteiger partial charge in [0, 0.05) is 33.7 Å². The second-order valence-corrected chi connectivity index (χ2v) is 14.0. The summed E-state index contributed by atoms with van der Waals surface area (Å²) in [6.45, 7) is 0. The molecule has 0 saturated carbocycles. The van der Waals surface area contributed by atoms with Gasteiger partial charge in [-0.05, 0) is 67.8 Å². The molecule has 0 N–H and O–H groups in total. The fraction of sp³-hybridized carbons (Fsp3) is 0.0400. The van der Waals surface area contributed by atoms with Crippen molar-refractivity contribution in [2.45, 2.75) is 11.8 Å². The Morgan fingerprint density at radius 3 is 1.10 bits per heavy atom. The van der Waals surface area contributed by atoms with Gasteiger partial charge in [-0.1, -0.05) is 170 Å². The Morgan fingerprint density at radius 1 is 0.346 bits per heavy atom. The zero-order valence-electron chi connectivity index (χ0n) is 28.4. The quantitative estimate of drug-likeness (QED) is 0.176. The molecule has 2 nitrogen and oxygen atoms in total. The molecule has 0 aliphatic heterocycles. The van der Waals surface area contributed by atoms with Crippen molar-refractivity contribution in [2.75, 3.05) is 0 Å². The molecule has 2 heteroatoms. The first kappa shape index (κ1) is 29.1. The fourth-order valence-corrected chi connectivity index (χ4v) is 9.08. The van der Waals surface area contributed by atoms with Crippen molar-refractivity contribution in [3.05, 3.63) is 215 Å². The summed E-state index contributed by atoms with van der Waals surface area (Å²) in [6, 6.07) is 65.9. The second kappa shape index (κ2) is 11.4. The molecule has 2 aliphatic carbocycles. The Bertz CT molecular complexity index is 2630.